The first kappa shape index (κ1) is 18.5. The molecular weight excluding hydrogens is 348 g/mol. The Labute approximate surface area is 156 Å². The molecule has 1 aromatic heterocycles. The normalized spacial score (nSPS) is 10.4. The number of benzene rings is 2. The summed E-state index contributed by atoms with van der Waals surface area (Å²) < 4.78 is 27.2. The first-order valence-corrected chi connectivity index (χ1v) is 8.63. The predicted molar refractivity (Wildman–Crippen MR) is 102 cm³/mol. The van der Waals surface area contributed by atoms with E-state index in [-0.39, 0.29) is 5.56 Å². The van der Waals surface area contributed by atoms with Gasteiger partial charge in [0.1, 0.15) is 23.1 Å². The fourth-order valence-corrected chi connectivity index (χ4v) is 2.59. The van der Waals surface area contributed by atoms with Crippen molar-refractivity contribution in [1.29, 1.82) is 0 Å². The van der Waals surface area contributed by atoms with Crippen LogP contribution < -0.4 is 10.6 Å². The Balaban J connectivity index is 1.51. The van der Waals surface area contributed by atoms with E-state index < -0.39 is 23.2 Å². The van der Waals surface area contributed by atoms with Crippen molar-refractivity contribution in [2.75, 3.05) is 17.2 Å². The standard InChI is InChI=1S/C21H19F2N3O/c22-17-9-4-10-18(23)20(17)26-21(27)16-11-12-19(25-14-16)24-13-5-8-15-6-2-1-3-7-15/h1-4,6-7,9-12,14H,5,8,13H2,(H,24,25)(H,26,27). The topological polar surface area (TPSA) is 54.0 Å². The first-order chi connectivity index (χ1) is 13.1. The van der Waals surface area contributed by atoms with E-state index in [1.807, 2.05) is 18.2 Å². The predicted octanol–water partition coefficient (Wildman–Crippen LogP) is 4.66. The molecule has 3 rings (SSSR count). The maximum Gasteiger partial charge on any atom is 0.257 e. The van der Waals surface area contributed by atoms with Crippen molar-refractivity contribution in [3.8, 4) is 0 Å². The quantitative estimate of drug-likeness (QED) is 0.598. The number of nitrogens with zero attached hydrogens (tertiary/aromatic N) is 1. The molecule has 0 unspecified atom stereocenters. The molecule has 0 fully saturated rings. The number of halogens is 2. The molecule has 0 bridgehead atoms. The highest BCUT2D eigenvalue weighted by atomic mass is 19.1. The van der Waals surface area contributed by atoms with Crippen LogP contribution in [0.3, 0.4) is 0 Å². The van der Waals surface area contributed by atoms with Crippen LogP contribution in [-0.2, 0) is 6.42 Å². The molecule has 0 saturated heterocycles. The highest BCUT2D eigenvalue weighted by molar-refractivity contribution is 6.04. The molecule has 1 heterocycles. The van der Waals surface area contributed by atoms with Crippen molar-refractivity contribution < 1.29 is 13.6 Å². The van der Waals surface area contributed by atoms with E-state index in [2.05, 4.69) is 27.8 Å². The van der Waals surface area contributed by atoms with Crippen LogP contribution in [-0.4, -0.2) is 17.4 Å². The van der Waals surface area contributed by atoms with Gasteiger partial charge in [0.25, 0.3) is 5.91 Å². The number of aromatic nitrogens is 1. The highest BCUT2D eigenvalue weighted by Crippen LogP contribution is 2.19. The van der Waals surface area contributed by atoms with E-state index in [0.29, 0.717) is 5.82 Å². The largest absolute Gasteiger partial charge is 0.370 e. The first-order valence-electron chi connectivity index (χ1n) is 8.63. The van der Waals surface area contributed by atoms with Gasteiger partial charge in [0.05, 0.1) is 5.56 Å². The number of rotatable bonds is 7. The number of aryl methyl sites for hydroxylation is 1. The van der Waals surface area contributed by atoms with Gasteiger partial charge < -0.3 is 10.6 Å². The van der Waals surface area contributed by atoms with Gasteiger partial charge in [-0.25, -0.2) is 13.8 Å². The monoisotopic (exact) mass is 367 g/mol. The van der Waals surface area contributed by atoms with Gasteiger partial charge in [0.15, 0.2) is 0 Å². The molecule has 0 aliphatic heterocycles. The number of anilines is 2. The van der Waals surface area contributed by atoms with Crippen molar-refractivity contribution in [3.05, 3.63) is 89.6 Å². The third-order valence-electron chi connectivity index (χ3n) is 4.02. The summed E-state index contributed by atoms with van der Waals surface area (Å²) in [5.41, 5.74) is 1.03. The Morgan fingerprint density at radius 3 is 2.33 bits per heavy atom. The van der Waals surface area contributed by atoms with E-state index in [0.717, 1.165) is 31.5 Å². The number of para-hydroxylation sites is 1. The van der Waals surface area contributed by atoms with Gasteiger partial charge in [-0.15, -0.1) is 0 Å². The number of carbonyl (C=O) groups excluding carboxylic acids is 1. The fraction of sp³-hybridized carbons (Fsp3) is 0.143. The Morgan fingerprint density at radius 2 is 1.67 bits per heavy atom. The summed E-state index contributed by atoms with van der Waals surface area (Å²) in [6.45, 7) is 0.744. The molecule has 27 heavy (non-hydrogen) atoms. The molecule has 6 heteroatoms. The molecule has 3 aromatic rings. The van der Waals surface area contributed by atoms with Crippen molar-refractivity contribution in [3.63, 3.8) is 0 Å². The molecule has 0 saturated carbocycles. The average molecular weight is 367 g/mol. The van der Waals surface area contributed by atoms with Gasteiger partial charge in [0.2, 0.25) is 0 Å². The van der Waals surface area contributed by atoms with Gasteiger partial charge in [-0.05, 0) is 42.7 Å². The zero-order chi connectivity index (χ0) is 19.1. The van der Waals surface area contributed by atoms with Crippen molar-refractivity contribution in [2.45, 2.75) is 12.8 Å². The molecule has 0 spiro atoms. The SMILES string of the molecule is O=C(Nc1c(F)cccc1F)c1ccc(NCCCc2ccccc2)nc1. The minimum absolute atomic E-state index is 0.215. The second kappa shape index (κ2) is 8.89. The lowest BCUT2D eigenvalue weighted by Gasteiger charge is -2.09. The molecule has 2 aromatic carbocycles. The van der Waals surface area contributed by atoms with Crippen LogP contribution in [0.25, 0.3) is 0 Å². The summed E-state index contributed by atoms with van der Waals surface area (Å²) in [4.78, 5) is 16.3. The minimum atomic E-state index is -0.826. The third kappa shape index (κ3) is 5.10. The highest BCUT2D eigenvalue weighted by Gasteiger charge is 2.13. The maximum absolute atomic E-state index is 13.6. The van der Waals surface area contributed by atoms with E-state index in [1.165, 1.54) is 17.8 Å². The van der Waals surface area contributed by atoms with Crippen LogP contribution >= 0.6 is 0 Å². The summed E-state index contributed by atoms with van der Waals surface area (Å²) in [5.74, 6) is -1.64. The number of amides is 1. The van der Waals surface area contributed by atoms with Crippen molar-refractivity contribution >= 4 is 17.4 Å². The summed E-state index contributed by atoms with van der Waals surface area (Å²) in [7, 11) is 0. The Hall–Kier alpha value is -3.28. The Kier molecular flexibility index (Phi) is 6.10. The van der Waals surface area contributed by atoms with Crippen molar-refractivity contribution in [1.82, 2.24) is 4.98 Å². The van der Waals surface area contributed by atoms with E-state index in [4.69, 9.17) is 0 Å². The summed E-state index contributed by atoms with van der Waals surface area (Å²) >= 11 is 0. The maximum atomic E-state index is 13.6. The molecule has 0 aliphatic rings. The fourth-order valence-electron chi connectivity index (χ4n) is 2.59. The molecular formula is C21H19F2N3O. The van der Waals surface area contributed by atoms with Crippen LogP contribution in [0.5, 0.6) is 0 Å². The smallest absolute Gasteiger partial charge is 0.257 e. The molecule has 1 amide bonds. The average Bonchev–Trinajstić information content (AvgIpc) is 2.69. The lowest BCUT2D eigenvalue weighted by molar-refractivity contribution is 0.102. The summed E-state index contributed by atoms with van der Waals surface area (Å²) in [5, 5.41) is 5.42. The lowest BCUT2D eigenvalue weighted by Crippen LogP contribution is -2.15. The second-order valence-corrected chi connectivity index (χ2v) is 6.00. The lowest BCUT2D eigenvalue weighted by atomic mass is 10.1. The third-order valence-corrected chi connectivity index (χ3v) is 4.02. The number of hydrogen-bond acceptors (Lipinski definition) is 3. The van der Waals surface area contributed by atoms with Crippen molar-refractivity contribution in [2.24, 2.45) is 0 Å². The molecule has 0 atom stereocenters. The summed E-state index contributed by atoms with van der Waals surface area (Å²) in [6.07, 6.45) is 3.27. The molecule has 4 nitrogen and oxygen atoms in total. The van der Waals surface area contributed by atoms with Gasteiger partial charge in [-0.1, -0.05) is 36.4 Å². The minimum Gasteiger partial charge on any atom is -0.370 e. The zero-order valence-corrected chi connectivity index (χ0v) is 14.6. The van der Waals surface area contributed by atoms with E-state index >= 15 is 0 Å². The van der Waals surface area contributed by atoms with Crippen LogP contribution in [0.4, 0.5) is 20.3 Å². The van der Waals surface area contributed by atoms with Gasteiger partial charge in [-0.3, -0.25) is 4.79 Å². The van der Waals surface area contributed by atoms with Gasteiger partial charge >= 0.3 is 0 Å². The number of nitrogens with one attached hydrogen (secondary N) is 2. The number of pyridine rings is 1. The van der Waals surface area contributed by atoms with Crippen LogP contribution in [0.15, 0.2) is 66.9 Å². The van der Waals surface area contributed by atoms with Crippen LogP contribution in [0, 0.1) is 11.6 Å². The van der Waals surface area contributed by atoms with Gasteiger partial charge in [0, 0.05) is 12.7 Å². The molecule has 138 valence electrons. The van der Waals surface area contributed by atoms with Crippen LogP contribution in [0.2, 0.25) is 0 Å². The Morgan fingerprint density at radius 1 is 0.926 bits per heavy atom. The van der Waals surface area contributed by atoms with Crippen LogP contribution in [0.1, 0.15) is 22.3 Å². The summed E-state index contributed by atoms with van der Waals surface area (Å²) in [6, 6.07) is 16.8. The van der Waals surface area contributed by atoms with Gasteiger partial charge in [-0.2, -0.15) is 0 Å². The zero-order valence-electron chi connectivity index (χ0n) is 14.6. The van der Waals surface area contributed by atoms with E-state index in [9.17, 15) is 13.6 Å². The second-order valence-electron chi connectivity index (χ2n) is 6.00. The van der Waals surface area contributed by atoms with E-state index in [1.54, 1.807) is 12.1 Å². The molecule has 0 radical (unpaired) electrons. The Bertz CT molecular complexity index is 879. The number of hydrogen-bond donors (Lipinski definition) is 2. The molecule has 2 N–H and O–H groups in total. The number of carbonyl (C=O) groups is 1. The molecule has 0 aliphatic carbocycles.